The molecule has 1 saturated heterocycles. The number of nitrogens with one attached hydrogen (secondary N) is 1. The van der Waals surface area contributed by atoms with Crippen molar-refractivity contribution in [2.24, 2.45) is 0 Å². The number of nitrogens with zero attached hydrogens (tertiary/aromatic N) is 2. The fourth-order valence-corrected chi connectivity index (χ4v) is 4.14. The summed E-state index contributed by atoms with van der Waals surface area (Å²) in [6, 6.07) is 2.24. The van der Waals surface area contributed by atoms with E-state index in [0.717, 1.165) is 12.1 Å². The van der Waals surface area contributed by atoms with E-state index in [9.17, 15) is 0 Å². The zero-order valence-electron chi connectivity index (χ0n) is 13.2. The van der Waals surface area contributed by atoms with Crippen molar-refractivity contribution in [3.63, 3.8) is 0 Å². The van der Waals surface area contributed by atoms with Gasteiger partial charge in [-0.15, -0.1) is 0 Å². The van der Waals surface area contributed by atoms with E-state index in [0.29, 0.717) is 6.04 Å². The van der Waals surface area contributed by atoms with Gasteiger partial charge in [0.05, 0.1) is 0 Å². The van der Waals surface area contributed by atoms with E-state index in [1.807, 2.05) is 0 Å². The number of likely N-dealkylation sites (tertiary alicyclic amines) is 1. The van der Waals surface area contributed by atoms with Crippen LogP contribution in [0.25, 0.3) is 0 Å². The summed E-state index contributed by atoms with van der Waals surface area (Å²) in [7, 11) is 4.50. The van der Waals surface area contributed by atoms with E-state index in [2.05, 4.69) is 36.1 Å². The van der Waals surface area contributed by atoms with Gasteiger partial charge in [-0.1, -0.05) is 26.2 Å². The van der Waals surface area contributed by atoms with Gasteiger partial charge in [0.2, 0.25) is 0 Å². The highest BCUT2D eigenvalue weighted by Crippen LogP contribution is 2.24. The third-order valence-electron chi connectivity index (χ3n) is 5.32. The summed E-state index contributed by atoms with van der Waals surface area (Å²) in [4.78, 5) is 5.33. The first-order valence-corrected chi connectivity index (χ1v) is 8.37. The fourth-order valence-electron chi connectivity index (χ4n) is 4.14. The third kappa shape index (κ3) is 3.93. The van der Waals surface area contributed by atoms with Gasteiger partial charge in [-0.05, 0) is 52.9 Å². The van der Waals surface area contributed by atoms with Crippen LogP contribution in [0.2, 0.25) is 0 Å². The molecule has 1 heterocycles. The van der Waals surface area contributed by atoms with Gasteiger partial charge < -0.3 is 10.2 Å². The van der Waals surface area contributed by atoms with E-state index in [4.69, 9.17) is 0 Å². The molecule has 1 saturated carbocycles. The van der Waals surface area contributed by atoms with Crippen LogP contribution in [0.3, 0.4) is 0 Å². The monoisotopic (exact) mass is 267 g/mol. The molecule has 1 N–H and O–H groups in total. The van der Waals surface area contributed by atoms with E-state index in [1.165, 1.54) is 64.6 Å². The second kappa shape index (κ2) is 7.61. The Labute approximate surface area is 119 Å². The Kier molecular flexibility index (Phi) is 6.11. The van der Waals surface area contributed by atoms with Crippen LogP contribution in [0.15, 0.2) is 0 Å². The molecule has 1 aliphatic heterocycles. The SMILES string of the molecule is CCN1CCCC1CN(C)C1CCCCCC1NC. The molecule has 3 atom stereocenters. The predicted molar refractivity (Wildman–Crippen MR) is 82.6 cm³/mol. The van der Waals surface area contributed by atoms with Crippen molar-refractivity contribution in [3.8, 4) is 0 Å². The second-order valence-electron chi connectivity index (χ2n) is 6.46. The molecule has 0 aromatic rings. The molecule has 0 radical (unpaired) electrons. The number of rotatable bonds is 5. The average Bonchev–Trinajstić information content (AvgIpc) is 2.73. The molecule has 3 unspecified atom stereocenters. The van der Waals surface area contributed by atoms with Crippen molar-refractivity contribution >= 4 is 0 Å². The van der Waals surface area contributed by atoms with Gasteiger partial charge in [-0.3, -0.25) is 4.90 Å². The minimum Gasteiger partial charge on any atom is -0.315 e. The van der Waals surface area contributed by atoms with Crippen LogP contribution in [0, 0.1) is 0 Å². The quantitative estimate of drug-likeness (QED) is 0.771. The van der Waals surface area contributed by atoms with Crippen LogP contribution in [0.5, 0.6) is 0 Å². The Bertz CT molecular complexity index is 256. The van der Waals surface area contributed by atoms with Gasteiger partial charge in [0.1, 0.15) is 0 Å². The van der Waals surface area contributed by atoms with Gasteiger partial charge in [0.15, 0.2) is 0 Å². The van der Waals surface area contributed by atoms with E-state index < -0.39 is 0 Å². The van der Waals surface area contributed by atoms with Crippen LogP contribution in [0.4, 0.5) is 0 Å². The molecule has 2 aliphatic rings. The van der Waals surface area contributed by atoms with Gasteiger partial charge in [0, 0.05) is 24.7 Å². The first-order valence-electron chi connectivity index (χ1n) is 8.37. The summed E-state index contributed by atoms with van der Waals surface area (Å²) in [6.45, 7) is 6.10. The Morgan fingerprint density at radius 1 is 1.11 bits per heavy atom. The molecule has 19 heavy (non-hydrogen) atoms. The molecule has 1 aliphatic carbocycles. The average molecular weight is 267 g/mol. The highest BCUT2D eigenvalue weighted by molar-refractivity contribution is 4.88. The predicted octanol–water partition coefficient (Wildman–Crippen LogP) is 2.32. The first kappa shape index (κ1) is 15.3. The lowest BCUT2D eigenvalue weighted by Crippen LogP contribution is -2.50. The maximum absolute atomic E-state index is 3.57. The van der Waals surface area contributed by atoms with Crippen molar-refractivity contribution in [3.05, 3.63) is 0 Å². The molecule has 0 amide bonds. The Hall–Kier alpha value is -0.120. The van der Waals surface area contributed by atoms with Crippen LogP contribution in [-0.4, -0.2) is 61.7 Å². The van der Waals surface area contributed by atoms with Crippen LogP contribution < -0.4 is 5.32 Å². The smallest absolute Gasteiger partial charge is 0.0246 e. The maximum atomic E-state index is 3.57. The van der Waals surface area contributed by atoms with Gasteiger partial charge in [0.25, 0.3) is 0 Å². The topological polar surface area (TPSA) is 18.5 Å². The summed E-state index contributed by atoms with van der Waals surface area (Å²) < 4.78 is 0. The molecule has 2 fully saturated rings. The zero-order chi connectivity index (χ0) is 13.7. The summed E-state index contributed by atoms with van der Waals surface area (Å²) >= 11 is 0. The van der Waals surface area contributed by atoms with E-state index in [1.54, 1.807) is 0 Å². The number of likely N-dealkylation sites (N-methyl/N-ethyl adjacent to an activating group) is 3. The van der Waals surface area contributed by atoms with Crippen molar-refractivity contribution < 1.29 is 0 Å². The third-order valence-corrected chi connectivity index (χ3v) is 5.32. The molecular formula is C16H33N3. The second-order valence-corrected chi connectivity index (χ2v) is 6.46. The minimum absolute atomic E-state index is 0.698. The number of hydrogen-bond donors (Lipinski definition) is 1. The highest BCUT2D eigenvalue weighted by Gasteiger charge is 2.30. The Morgan fingerprint density at radius 2 is 1.89 bits per heavy atom. The van der Waals surface area contributed by atoms with Gasteiger partial charge in [-0.25, -0.2) is 0 Å². The molecule has 0 aromatic heterocycles. The molecule has 0 aromatic carbocycles. The lowest BCUT2D eigenvalue weighted by atomic mass is 10.0. The molecule has 0 spiro atoms. The standard InChI is InChI=1S/C16H33N3/c1-4-19-12-8-9-14(19)13-18(3)16-11-7-5-6-10-15(16)17-2/h14-17H,4-13H2,1-3H3. The molecular weight excluding hydrogens is 234 g/mol. The lowest BCUT2D eigenvalue weighted by molar-refractivity contribution is 0.136. The Morgan fingerprint density at radius 3 is 2.63 bits per heavy atom. The number of hydrogen-bond acceptors (Lipinski definition) is 3. The van der Waals surface area contributed by atoms with Crippen molar-refractivity contribution in [2.45, 2.75) is 70.0 Å². The van der Waals surface area contributed by atoms with E-state index >= 15 is 0 Å². The van der Waals surface area contributed by atoms with Crippen LogP contribution in [0.1, 0.15) is 51.9 Å². The lowest BCUT2D eigenvalue weighted by Gasteiger charge is -2.36. The van der Waals surface area contributed by atoms with Crippen molar-refractivity contribution in [1.82, 2.24) is 15.1 Å². The highest BCUT2D eigenvalue weighted by atomic mass is 15.2. The molecule has 3 heteroatoms. The maximum Gasteiger partial charge on any atom is 0.0246 e. The Balaban J connectivity index is 1.91. The van der Waals surface area contributed by atoms with Crippen molar-refractivity contribution in [2.75, 3.05) is 33.7 Å². The molecule has 0 bridgehead atoms. The molecule has 112 valence electrons. The summed E-state index contributed by atoms with van der Waals surface area (Å²) in [6.07, 6.45) is 9.76. The van der Waals surface area contributed by atoms with Crippen LogP contribution in [-0.2, 0) is 0 Å². The fraction of sp³-hybridized carbons (Fsp3) is 1.00. The minimum atomic E-state index is 0.698. The summed E-state index contributed by atoms with van der Waals surface area (Å²) in [5.41, 5.74) is 0. The first-order chi connectivity index (χ1) is 9.26. The molecule has 2 rings (SSSR count). The largest absolute Gasteiger partial charge is 0.315 e. The molecule has 3 nitrogen and oxygen atoms in total. The zero-order valence-corrected chi connectivity index (χ0v) is 13.2. The van der Waals surface area contributed by atoms with Gasteiger partial charge in [-0.2, -0.15) is 0 Å². The summed E-state index contributed by atoms with van der Waals surface area (Å²) in [5, 5.41) is 3.57. The van der Waals surface area contributed by atoms with Crippen LogP contribution >= 0.6 is 0 Å². The summed E-state index contributed by atoms with van der Waals surface area (Å²) in [5.74, 6) is 0. The van der Waals surface area contributed by atoms with E-state index in [-0.39, 0.29) is 0 Å². The van der Waals surface area contributed by atoms with Gasteiger partial charge >= 0.3 is 0 Å². The normalized spacial score (nSPS) is 33.8. The van der Waals surface area contributed by atoms with Crippen molar-refractivity contribution in [1.29, 1.82) is 0 Å².